The molecule has 3 N–H and O–H groups in total. The summed E-state index contributed by atoms with van der Waals surface area (Å²) in [6.07, 6.45) is -4.78. The minimum Gasteiger partial charge on any atom is -0.489 e. The number of pyridine rings is 1. The third-order valence-electron chi connectivity index (χ3n) is 6.04. The summed E-state index contributed by atoms with van der Waals surface area (Å²) in [5, 5.41) is 4.02. The lowest BCUT2D eigenvalue weighted by Crippen LogP contribution is -2.40. The number of amides is 2. The number of ether oxygens (including phenoxy) is 1. The zero-order valence-corrected chi connectivity index (χ0v) is 19.5. The number of benzene rings is 1. The van der Waals surface area contributed by atoms with Crippen LogP contribution in [0.3, 0.4) is 0 Å². The van der Waals surface area contributed by atoms with Gasteiger partial charge in [0.25, 0.3) is 5.91 Å². The molecule has 4 rings (SSSR count). The van der Waals surface area contributed by atoms with Crippen molar-refractivity contribution in [2.24, 2.45) is 5.73 Å². The highest BCUT2D eigenvalue weighted by Gasteiger charge is 2.47. The molecule has 0 saturated carbocycles. The van der Waals surface area contributed by atoms with Gasteiger partial charge in [0.15, 0.2) is 0 Å². The van der Waals surface area contributed by atoms with Gasteiger partial charge in [-0.05, 0) is 61.2 Å². The molecule has 184 valence electrons. The topological polar surface area (TPSA) is 94.3 Å². The minimum absolute atomic E-state index is 0.0251. The Labute approximate surface area is 202 Å². The first kappa shape index (κ1) is 24.6. The number of aromatic nitrogens is 1. The van der Waals surface area contributed by atoms with Crippen molar-refractivity contribution in [2.45, 2.75) is 31.4 Å². The Kier molecular flexibility index (Phi) is 6.31. The number of hydrogen-bond acceptors (Lipinski definition) is 5. The third kappa shape index (κ3) is 4.60. The number of carbonyl (C=O) groups excluding carboxylic acids is 2. The molecule has 1 aromatic carbocycles. The predicted octanol–water partition coefficient (Wildman–Crippen LogP) is 4.47. The van der Waals surface area contributed by atoms with Crippen molar-refractivity contribution in [1.82, 2.24) is 10.3 Å². The molecule has 2 atom stereocenters. The van der Waals surface area contributed by atoms with E-state index in [0.717, 1.165) is 29.5 Å². The van der Waals surface area contributed by atoms with E-state index in [9.17, 15) is 27.2 Å². The maximum absolute atomic E-state index is 14.2. The van der Waals surface area contributed by atoms with Crippen molar-refractivity contribution < 1.29 is 31.9 Å². The predicted molar refractivity (Wildman–Crippen MR) is 122 cm³/mol. The van der Waals surface area contributed by atoms with Crippen LogP contribution in [0, 0.1) is 12.7 Å². The summed E-state index contributed by atoms with van der Waals surface area (Å²) >= 11 is 1.13. The van der Waals surface area contributed by atoms with Crippen LogP contribution >= 0.6 is 11.3 Å². The summed E-state index contributed by atoms with van der Waals surface area (Å²) in [7, 11) is 0. The van der Waals surface area contributed by atoms with Crippen LogP contribution < -0.4 is 15.8 Å². The summed E-state index contributed by atoms with van der Waals surface area (Å²) in [6.45, 7) is 2.21. The second-order valence-electron chi connectivity index (χ2n) is 8.50. The molecule has 1 aliphatic heterocycles. The molecule has 0 aliphatic carbocycles. The standard InChI is InChI=1S/C24H21F4N3O3S/c1-12-7-8-35-20(12)21(32)30-10-16(24(26,27)28)17-9-15-19(34-11-23(15,2)22(29)33)18(31-17)13-3-5-14(25)6-4-13/h3-9,16H,10-11H2,1-2H3,(H2,29,33)(H,30,32)/t16-,23+/m1/s1. The molecule has 0 unspecified atom stereocenters. The maximum Gasteiger partial charge on any atom is 0.398 e. The van der Waals surface area contributed by atoms with Gasteiger partial charge in [0.1, 0.15) is 35.2 Å². The Morgan fingerprint density at radius 1 is 1.26 bits per heavy atom. The van der Waals surface area contributed by atoms with Gasteiger partial charge < -0.3 is 15.8 Å². The number of carbonyl (C=O) groups is 2. The number of alkyl halides is 3. The molecular weight excluding hydrogens is 486 g/mol. The molecule has 0 fully saturated rings. The van der Waals surface area contributed by atoms with Crippen LogP contribution in [0.2, 0.25) is 0 Å². The molecule has 0 bridgehead atoms. The van der Waals surface area contributed by atoms with E-state index in [1.54, 1.807) is 18.4 Å². The van der Waals surface area contributed by atoms with E-state index in [1.165, 1.54) is 19.1 Å². The summed E-state index contributed by atoms with van der Waals surface area (Å²) in [5.41, 5.74) is 4.89. The fourth-order valence-electron chi connectivity index (χ4n) is 3.86. The lowest BCUT2D eigenvalue weighted by Gasteiger charge is -2.24. The largest absolute Gasteiger partial charge is 0.489 e. The first-order valence-corrected chi connectivity index (χ1v) is 11.4. The van der Waals surface area contributed by atoms with Gasteiger partial charge in [0.05, 0.1) is 10.6 Å². The Hall–Kier alpha value is -3.47. The first-order chi connectivity index (χ1) is 16.4. The smallest absolute Gasteiger partial charge is 0.398 e. The van der Waals surface area contributed by atoms with Gasteiger partial charge in [-0.2, -0.15) is 13.2 Å². The van der Waals surface area contributed by atoms with Crippen molar-refractivity contribution in [3.05, 3.63) is 69.3 Å². The van der Waals surface area contributed by atoms with E-state index in [1.807, 2.05) is 0 Å². The Bertz CT molecular complexity index is 1290. The molecule has 0 saturated heterocycles. The van der Waals surface area contributed by atoms with E-state index in [0.29, 0.717) is 16.0 Å². The number of halogens is 4. The molecule has 1 aliphatic rings. The SMILES string of the molecule is Cc1ccsc1C(=O)NC[C@H](c1cc2c(c(-c3ccc(F)cc3)n1)OC[C@]2(C)C(N)=O)C(F)(F)F. The Morgan fingerprint density at radius 3 is 2.51 bits per heavy atom. The highest BCUT2D eigenvalue weighted by molar-refractivity contribution is 7.12. The van der Waals surface area contributed by atoms with Crippen molar-refractivity contribution >= 4 is 23.2 Å². The van der Waals surface area contributed by atoms with E-state index in [-0.39, 0.29) is 23.6 Å². The molecule has 3 aromatic rings. The molecule has 3 heterocycles. The zero-order chi connectivity index (χ0) is 25.5. The van der Waals surface area contributed by atoms with Crippen LogP contribution in [-0.4, -0.2) is 36.1 Å². The minimum atomic E-state index is -4.78. The highest BCUT2D eigenvalue weighted by Crippen LogP contribution is 2.46. The quantitative estimate of drug-likeness (QED) is 0.482. The second-order valence-corrected chi connectivity index (χ2v) is 9.42. The Balaban J connectivity index is 1.81. The van der Waals surface area contributed by atoms with Crippen molar-refractivity contribution in [2.75, 3.05) is 13.2 Å². The number of nitrogens with two attached hydrogens (primary N) is 1. The van der Waals surface area contributed by atoms with Gasteiger partial charge in [-0.3, -0.25) is 9.59 Å². The van der Waals surface area contributed by atoms with Gasteiger partial charge >= 0.3 is 6.18 Å². The summed E-state index contributed by atoms with van der Waals surface area (Å²) < 4.78 is 61.8. The lowest BCUT2D eigenvalue weighted by molar-refractivity contribution is -0.149. The third-order valence-corrected chi connectivity index (χ3v) is 7.06. The second kappa shape index (κ2) is 8.95. The summed E-state index contributed by atoms with van der Waals surface area (Å²) in [5.74, 6) is -4.01. The molecule has 35 heavy (non-hydrogen) atoms. The number of aryl methyl sites for hydroxylation is 1. The number of thiophene rings is 1. The molecule has 0 radical (unpaired) electrons. The highest BCUT2D eigenvalue weighted by atomic mass is 32.1. The van der Waals surface area contributed by atoms with Gasteiger partial charge in [0, 0.05) is 17.7 Å². The van der Waals surface area contributed by atoms with Gasteiger partial charge in [0.2, 0.25) is 5.91 Å². The zero-order valence-electron chi connectivity index (χ0n) is 18.7. The number of nitrogens with one attached hydrogen (secondary N) is 1. The fourth-order valence-corrected chi connectivity index (χ4v) is 4.70. The van der Waals surface area contributed by atoms with Crippen LogP contribution in [0.15, 0.2) is 41.8 Å². The van der Waals surface area contributed by atoms with E-state index >= 15 is 0 Å². The van der Waals surface area contributed by atoms with Gasteiger partial charge in [-0.1, -0.05) is 0 Å². The molecule has 11 heteroatoms. The number of fused-ring (bicyclic) bond motifs is 1. The average molecular weight is 508 g/mol. The molecule has 2 aromatic heterocycles. The van der Waals surface area contributed by atoms with E-state index < -0.39 is 47.4 Å². The summed E-state index contributed by atoms with van der Waals surface area (Å²) in [4.78, 5) is 29.3. The Morgan fingerprint density at radius 2 is 1.94 bits per heavy atom. The van der Waals surface area contributed by atoms with E-state index in [4.69, 9.17) is 10.5 Å². The first-order valence-electron chi connectivity index (χ1n) is 10.5. The van der Waals surface area contributed by atoms with Crippen LogP contribution in [-0.2, 0) is 10.2 Å². The van der Waals surface area contributed by atoms with Crippen molar-refractivity contribution in [3.8, 4) is 17.0 Å². The van der Waals surface area contributed by atoms with Crippen molar-refractivity contribution in [3.63, 3.8) is 0 Å². The average Bonchev–Trinajstić information content (AvgIpc) is 3.37. The monoisotopic (exact) mass is 507 g/mol. The van der Waals surface area contributed by atoms with Crippen LogP contribution in [0.5, 0.6) is 5.75 Å². The number of primary amides is 1. The van der Waals surface area contributed by atoms with E-state index in [2.05, 4.69) is 10.3 Å². The number of rotatable bonds is 6. The van der Waals surface area contributed by atoms with Crippen LogP contribution in [0.25, 0.3) is 11.3 Å². The molecule has 0 spiro atoms. The number of nitrogens with zero attached hydrogens (tertiary/aromatic N) is 1. The summed E-state index contributed by atoms with van der Waals surface area (Å²) in [6, 6.07) is 7.85. The van der Waals surface area contributed by atoms with Crippen LogP contribution in [0.4, 0.5) is 17.6 Å². The normalized spacial score (nSPS) is 18.0. The fraction of sp³-hybridized carbons (Fsp3) is 0.292. The van der Waals surface area contributed by atoms with Gasteiger partial charge in [-0.25, -0.2) is 9.37 Å². The lowest BCUT2D eigenvalue weighted by atomic mass is 9.82. The number of hydrogen-bond donors (Lipinski definition) is 2. The molecule has 6 nitrogen and oxygen atoms in total. The van der Waals surface area contributed by atoms with Crippen LogP contribution in [0.1, 0.15) is 39.3 Å². The maximum atomic E-state index is 14.2. The molecular formula is C24H21F4N3O3S. The van der Waals surface area contributed by atoms with Gasteiger partial charge in [-0.15, -0.1) is 11.3 Å². The van der Waals surface area contributed by atoms with Crippen molar-refractivity contribution in [1.29, 1.82) is 0 Å². The molecule has 2 amide bonds.